The van der Waals surface area contributed by atoms with Crippen LogP contribution in [0.4, 0.5) is 0 Å². The number of nitrogens with zero attached hydrogens (tertiary/aromatic N) is 3. The summed E-state index contributed by atoms with van der Waals surface area (Å²) in [4.78, 5) is 21.7. The zero-order valence-electron chi connectivity index (χ0n) is 16.8. The van der Waals surface area contributed by atoms with Crippen LogP contribution in [0.5, 0.6) is 0 Å². The van der Waals surface area contributed by atoms with E-state index in [-0.39, 0.29) is 11.9 Å². The molecule has 1 atom stereocenters. The van der Waals surface area contributed by atoms with E-state index in [0.29, 0.717) is 6.54 Å². The molecule has 0 bridgehead atoms. The fraction of sp³-hybridized carbons (Fsp3) is 0.478. The Morgan fingerprint density at radius 2 is 1.89 bits per heavy atom. The molecule has 2 heterocycles. The third-order valence-corrected chi connectivity index (χ3v) is 5.49. The molecule has 144 valence electrons. The molecule has 1 aliphatic rings. The van der Waals surface area contributed by atoms with Gasteiger partial charge in [0.05, 0.1) is 18.3 Å². The quantitative estimate of drug-likeness (QED) is 0.744. The molecule has 0 radical (unpaired) electrons. The number of likely N-dealkylation sites (N-methyl/N-ethyl adjacent to an activating group) is 1. The Hall–Kier alpha value is -2.20. The molecule has 1 aromatic heterocycles. The number of carbonyl (C=O) groups excluding carboxylic acids is 1. The summed E-state index contributed by atoms with van der Waals surface area (Å²) >= 11 is 0. The van der Waals surface area contributed by atoms with Crippen LogP contribution in [0.15, 0.2) is 42.5 Å². The van der Waals surface area contributed by atoms with Crippen molar-refractivity contribution in [2.24, 2.45) is 0 Å². The number of aryl methyl sites for hydroxylation is 1. The highest BCUT2D eigenvalue weighted by Gasteiger charge is 2.29. The van der Waals surface area contributed by atoms with E-state index in [0.717, 1.165) is 50.3 Å². The minimum Gasteiger partial charge on any atom is -0.342 e. The van der Waals surface area contributed by atoms with Crippen LogP contribution < -0.4 is 0 Å². The maximum Gasteiger partial charge on any atom is 0.236 e. The van der Waals surface area contributed by atoms with E-state index < -0.39 is 0 Å². The Labute approximate surface area is 163 Å². The monoisotopic (exact) mass is 365 g/mol. The first-order valence-corrected chi connectivity index (χ1v) is 10.1. The van der Waals surface area contributed by atoms with Crippen molar-refractivity contribution < 1.29 is 4.79 Å². The first-order chi connectivity index (χ1) is 13.1. The summed E-state index contributed by atoms with van der Waals surface area (Å²) in [5.74, 6) is 0.225. The fourth-order valence-electron chi connectivity index (χ4n) is 3.90. The molecule has 4 nitrogen and oxygen atoms in total. The predicted octanol–water partition coefficient (Wildman–Crippen LogP) is 3.99. The second-order valence-corrected chi connectivity index (χ2v) is 7.41. The average molecular weight is 366 g/mol. The number of hydrogen-bond acceptors (Lipinski definition) is 3. The molecule has 4 heteroatoms. The first-order valence-electron chi connectivity index (χ1n) is 10.1. The zero-order chi connectivity index (χ0) is 19.2. The molecule has 27 heavy (non-hydrogen) atoms. The van der Waals surface area contributed by atoms with Gasteiger partial charge in [-0.15, -0.1) is 0 Å². The van der Waals surface area contributed by atoms with E-state index in [2.05, 4.69) is 54.3 Å². The maximum absolute atomic E-state index is 12.5. The van der Waals surface area contributed by atoms with Crippen molar-refractivity contribution >= 4 is 5.91 Å². The van der Waals surface area contributed by atoms with Crippen molar-refractivity contribution in [1.29, 1.82) is 0 Å². The number of hydrogen-bond donors (Lipinski definition) is 0. The number of amides is 1. The molecule has 1 saturated heterocycles. The lowest BCUT2D eigenvalue weighted by Gasteiger charge is -2.27. The van der Waals surface area contributed by atoms with Crippen molar-refractivity contribution in [2.45, 2.75) is 46.1 Å². The largest absolute Gasteiger partial charge is 0.342 e. The number of likely N-dealkylation sites (tertiary alicyclic amines) is 1. The highest BCUT2D eigenvalue weighted by molar-refractivity contribution is 5.78. The van der Waals surface area contributed by atoms with Crippen LogP contribution in [-0.2, 0) is 11.2 Å². The summed E-state index contributed by atoms with van der Waals surface area (Å²) in [5.41, 5.74) is 4.76. The molecule has 3 rings (SSSR count). The number of aromatic nitrogens is 1. The first kappa shape index (κ1) is 19.6. The maximum atomic E-state index is 12.5. The number of rotatable bonds is 7. The highest BCUT2D eigenvalue weighted by atomic mass is 16.2. The lowest BCUT2D eigenvalue weighted by molar-refractivity contribution is -0.132. The molecule has 1 aliphatic heterocycles. The molecule has 2 aromatic rings. The van der Waals surface area contributed by atoms with Gasteiger partial charge in [-0.2, -0.15) is 0 Å². The van der Waals surface area contributed by atoms with E-state index in [1.807, 2.05) is 18.7 Å². The molecular formula is C23H31N3O. The van der Waals surface area contributed by atoms with Crippen molar-refractivity contribution in [3.63, 3.8) is 0 Å². The van der Waals surface area contributed by atoms with Gasteiger partial charge < -0.3 is 4.90 Å². The summed E-state index contributed by atoms with van der Waals surface area (Å²) in [7, 11) is 0. The topological polar surface area (TPSA) is 36.4 Å². The van der Waals surface area contributed by atoms with E-state index in [1.54, 1.807) is 0 Å². The molecule has 0 spiro atoms. The SMILES string of the molecule is CCN(CC)C(=O)CN1CCC[C@H]1c1cccc(Cc2ccc(C)cc2)n1. The van der Waals surface area contributed by atoms with Gasteiger partial charge in [0.1, 0.15) is 0 Å². The Morgan fingerprint density at radius 3 is 2.59 bits per heavy atom. The smallest absolute Gasteiger partial charge is 0.236 e. The van der Waals surface area contributed by atoms with Crippen LogP contribution in [0.1, 0.15) is 55.2 Å². The van der Waals surface area contributed by atoms with Crippen LogP contribution in [-0.4, -0.2) is 46.9 Å². The van der Waals surface area contributed by atoms with E-state index >= 15 is 0 Å². The summed E-state index contributed by atoms with van der Waals surface area (Å²) in [5, 5.41) is 0. The minimum absolute atomic E-state index is 0.225. The van der Waals surface area contributed by atoms with Gasteiger partial charge >= 0.3 is 0 Å². The Bertz CT molecular complexity index is 752. The minimum atomic E-state index is 0.225. The van der Waals surface area contributed by atoms with Gasteiger partial charge in [-0.25, -0.2) is 0 Å². The van der Waals surface area contributed by atoms with Gasteiger partial charge in [-0.3, -0.25) is 14.7 Å². The molecule has 1 amide bonds. The van der Waals surface area contributed by atoms with E-state index in [9.17, 15) is 4.79 Å². The molecule has 0 aliphatic carbocycles. The van der Waals surface area contributed by atoms with Crippen LogP contribution in [0.2, 0.25) is 0 Å². The van der Waals surface area contributed by atoms with Gasteiger partial charge in [-0.1, -0.05) is 35.9 Å². The molecular weight excluding hydrogens is 334 g/mol. The van der Waals surface area contributed by atoms with Gasteiger partial charge in [-0.05, 0) is 57.9 Å². The molecule has 0 unspecified atom stereocenters. The molecule has 0 saturated carbocycles. The summed E-state index contributed by atoms with van der Waals surface area (Å²) in [6, 6.07) is 15.2. The van der Waals surface area contributed by atoms with Crippen LogP contribution in [0.3, 0.4) is 0 Å². The lowest BCUT2D eigenvalue weighted by atomic mass is 10.1. The summed E-state index contributed by atoms with van der Waals surface area (Å²) in [6.07, 6.45) is 3.05. The Morgan fingerprint density at radius 1 is 1.15 bits per heavy atom. The van der Waals surface area contributed by atoms with Gasteiger partial charge in [0, 0.05) is 25.2 Å². The van der Waals surface area contributed by atoms with Crippen molar-refractivity contribution in [3.05, 3.63) is 65.0 Å². The lowest BCUT2D eigenvalue weighted by Crippen LogP contribution is -2.40. The third kappa shape index (κ3) is 4.95. The van der Waals surface area contributed by atoms with Crippen molar-refractivity contribution in [3.8, 4) is 0 Å². The zero-order valence-corrected chi connectivity index (χ0v) is 16.8. The second-order valence-electron chi connectivity index (χ2n) is 7.41. The summed E-state index contributed by atoms with van der Waals surface area (Å²) in [6.45, 7) is 9.21. The highest BCUT2D eigenvalue weighted by Crippen LogP contribution is 2.30. The molecule has 0 N–H and O–H groups in total. The van der Waals surface area contributed by atoms with Gasteiger partial charge in [0.15, 0.2) is 0 Å². The van der Waals surface area contributed by atoms with Crippen LogP contribution in [0.25, 0.3) is 0 Å². The van der Waals surface area contributed by atoms with Crippen LogP contribution >= 0.6 is 0 Å². The Kier molecular flexibility index (Phi) is 6.62. The van der Waals surface area contributed by atoms with Gasteiger partial charge in [0.2, 0.25) is 5.91 Å². The number of carbonyl (C=O) groups is 1. The van der Waals surface area contributed by atoms with Crippen LogP contribution in [0, 0.1) is 6.92 Å². The fourth-order valence-corrected chi connectivity index (χ4v) is 3.90. The van der Waals surface area contributed by atoms with E-state index in [4.69, 9.17) is 4.98 Å². The average Bonchev–Trinajstić information content (AvgIpc) is 3.13. The van der Waals surface area contributed by atoms with Gasteiger partial charge in [0.25, 0.3) is 0 Å². The predicted molar refractivity (Wildman–Crippen MR) is 110 cm³/mol. The summed E-state index contributed by atoms with van der Waals surface area (Å²) < 4.78 is 0. The second kappa shape index (κ2) is 9.14. The van der Waals surface area contributed by atoms with E-state index in [1.165, 1.54) is 11.1 Å². The standard InChI is InChI=1S/C23H31N3O/c1-4-25(5-2)23(27)17-26-15-7-10-22(26)21-9-6-8-20(24-21)16-19-13-11-18(3)12-14-19/h6,8-9,11-14,22H,4-5,7,10,15-17H2,1-3H3/t22-/m0/s1. The number of pyridine rings is 1. The normalized spacial score (nSPS) is 17.2. The van der Waals surface area contributed by atoms with Crippen molar-refractivity contribution in [2.75, 3.05) is 26.2 Å². The molecule has 1 aromatic carbocycles. The third-order valence-electron chi connectivity index (χ3n) is 5.49. The van der Waals surface area contributed by atoms with Crippen molar-refractivity contribution in [1.82, 2.24) is 14.8 Å². The Balaban J connectivity index is 1.71. The molecule has 1 fully saturated rings. The number of benzene rings is 1.